The number of amides is 1. The number of hydroxylamine groups is 1. The number of hydrogen-bond donors (Lipinski definition) is 3. The van der Waals surface area contributed by atoms with Crippen LogP contribution >= 0.6 is 0 Å². The van der Waals surface area contributed by atoms with Gasteiger partial charge in [-0.3, -0.25) is 10.0 Å². The van der Waals surface area contributed by atoms with Crippen molar-refractivity contribution >= 4 is 15.9 Å². The van der Waals surface area contributed by atoms with Crippen LogP contribution in [0.3, 0.4) is 0 Å². The lowest BCUT2D eigenvalue weighted by molar-refractivity contribution is -0.138. The van der Waals surface area contributed by atoms with Crippen LogP contribution in [-0.4, -0.2) is 47.1 Å². The highest BCUT2D eigenvalue weighted by Crippen LogP contribution is 2.34. The van der Waals surface area contributed by atoms with E-state index in [4.69, 9.17) is 4.74 Å². The minimum atomic E-state index is -4.08. The molecule has 9 heteroatoms. The van der Waals surface area contributed by atoms with Crippen LogP contribution in [0.4, 0.5) is 0 Å². The van der Waals surface area contributed by atoms with Gasteiger partial charge in [-0.25, -0.2) is 13.9 Å². The normalized spacial score (nSPS) is 20.8. The van der Waals surface area contributed by atoms with Gasteiger partial charge >= 0.3 is 0 Å². The monoisotopic (exact) mass is 496 g/mol. The van der Waals surface area contributed by atoms with Gasteiger partial charge in [0, 0.05) is 19.4 Å². The summed E-state index contributed by atoms with van der Waals surface area (Å²) in [4.78, 5) is 12.5. The van der Waals surface area contributed by atoms with Gasteiger partial charge in [-0.1, -0.05) is 60.7 Å². The van der Waals surface area contributed by atoms with Crippen molar-refractivity contribution in [2.24, 2.45) is 0 Å². The fourth-order valence-corrected chi connectivity index (χ4v) is 5.93. The first-order valence-electron chi connectivity index (χ1n) is 11.3. The molecule has 1 unspecified atom stereocenters. The van der Waals surface area contributed by atoms with E-state index in [-0.39, 0.29) is 30.7 Å². The zero-order valence-corrected chi connectivity index (χ0v) is 19.9. The van der Waals surface area contributed by atoms with Gasteiger partial charge in [-0.15, -0.1) is 0 Å². The van der Waals surface area contributed by atoms with Crippen LogP contribution < -0.4 is 10.2 Å². The largest absolute Gasteiger partial charge is 0.489 e. The average molecular weight is 497 g/mol. The molecular formula is C26H28N2O6S. The van der Waals surface area contributed by atoms with Gasteiger partial charge < -0.3 is 9.84 Å². The van der Waals surface area contributed by atoms with Gasteiger partial charge in [0.05, 0.1) is 10.5 Å². The first kappa shape index (κ1) is 24.9. The first-order chi connectivity index (χ1) is 16.8. The molecule has 0 aromatic heterocycles. The number of rotatable bonds is 8. The van der Waals surface area contributed by atoms with E-state index in [9.17, 15) is 23.5 Å². The number of piperidine rings is 1. The lowest BCUT2D eigenvalue weighted by Crippen LogP contribution is -2.58. The van der Waals surface area contributed by atoms with Gasteiger partial charge in [-0.05, 0) is 41.8 Å². The van der Waals surface area contributed by atoms with Gasteiger partial charge in [0.15, 0.2) is 0 Å². The van der Waals surface area contributed by atoms with Crippen molar-refractivity contribution < 1.29 is 28.3 Å². The predicted octanol–water partition coefficient (Wildman–Crippen LogP) is 2.90. The third-order valence-corrected chi connectivity index (χ3v) is 8.11. The van der Waals surface area contributed by atoms with Crippen molar-refractivity contribution in [1.82, 2.24) is 9.79 Å². The van der Waals surface area contributed by atoms with E-state index in [1.807, 2.05) is 60.7 Å². The van der Waals surface area contributed by atoms with Crippen LogP contribution in [0.25, 0.3) is 0 Å². The molecule has 4 rings (SSSR count). The summed E-state index contributed by atoms with van der Waals surface area (Å²) in [6.07, 6.45) is 0.269. The maximum atomic E-state index is 13.4. The van der Waals surface area contributed by atoms with Crippen LogP contribution in [0.15, 0.2) is 89.8 Å². The third-order valence-electron chi connectivity index (χ3n) is 6.19. The Bertz CT molecular complexity index is 1240. The van der Waals surface area contributed by atoms with Crippen LogP contribution in [0.2, 0.25) is 0 Å². The molecule has 0 saturated carbocycles. The summed E-state index contributed by atoms with van der Waals surface area (Å²) in [6.45, 7) is 0.272. The molecule has 3 N–H and O–H groups in total. The number of sulfonamides is 1. The van der Waals surface area contributed by atoms with Gasteiger partial charge in [-0.2, -0.15) is 4.31 Å². The highest BCUT2D eigenvalue weighted by molar-refractivity contribution is 7.89. The molecule has 0 bridgehead atoms. The zero-order chi connectivity index (χ0) is 24.9. The molecule has 0 spiro atoms. The second kappa shape index (κ2) is 10.6. The van der Waals surface area contributed by atoms with E-state index in [2.05, 4.69) is 0 Å². The quantitative estimate of drug-likeness (QED) is 0.326. The molecule has 8 nitrogen and oxygen atoms in total. The number of benzene rings is 3. The molecule has 1 aliphatic rings. The molecule has 0 aliphatic carbocycles. The molecule has 3 aromatic carbocycles. The topological polar surface area (TPSA) is 116 Å². The molecule has 1 heterocycles. The van der Waals surface area contributed by atoms with Crippen molar-refractivity contribution in [3.8, 4) is 5.75 Å². The first-order valence-corrected chi connectivity index (χ1v) is 12.7. The lowest BCUT2D eigenvalue weighted by atomic mass is 9.82. The third kappa shape index (κ3) is 5.88. The number of nitrogens with one attached hydrogen (secondary N) is 1. The molecule has 1 aliphatic heterocycles. The van der Waals surface area contributed by atoms with E-state index in [1.54, 1.807) is 17.6 Å². The molecule has 184 valence electrons. The predicted molar refractivity (Wildman–Crippen MR) is 129 cm³/mol. The van der Waals surface area contributed by atoms with Gasteiger partial charge in [0.2, 0.25) is 10.0 Å². The standard InChI is InChI=1S/C26H28N2O6S/c29-25(27-31)24-18-26(30,17-20-7-3-1-4-8-20)15-16-28(24)35(32,33)23-13-11-22(12-14-23)34-19-21-9-5-2-6-10-21/h1-14,24,30-31H,15-19H2,(H,27,29)/t24-,26?/m1/s1. The minimum Gasteiger partial charge on any atom is -0.489 e. The van der Waals surface area contributed by atoms with Crippen LogP contribution in [-0.2, 0) is 27.8 Å². The minimum absolute atomic E-state index is 0.00574. The van der Waals surface area contributed by atoms with Gasteiger partial charge in [0.25, 0.3) is 5.91 Å². The lowest BCUT2D eigenvalue weighted by Gasteiger charge is -2.42. The summed E-state index contributed by atoms with van der Waals surface area (Å²) in [7, 11) is -4.08. The number of carbonyl (C=O) groups is 1. The Hall–Kier alpha value is -3.24. The van der Waals surface area contributed by atoms with Crippen molar-refractivity contribution in [2.75, 3.05) is 6.54 Å². The average Bonchev–Trinajstić information content (AvgIpc) is 2.88. The molecular weight excluding hydrogens is 468 g/mol. The van der Waals surface area contributed by atoms with E-state index in [0.29, 0.717) is 12.4 Å². The summed E-state index contributed by atoms with van der Waals surface area (Å²) in [6, 6.07) is 23.6. The highest BCUT2D eigenvalue weighted by Gasteiger charge is 2.46. The Balaban J connectivity index is 1.50. The summed E-state index contributed by atoms with van der Waals surface area (Å²) < 4.78 is 33.6. The second-order valence-electron chi connectivity index (χ2n) is 8.69. The molecule has 35 heavy (non-hydrogen) atoms. The number of nitrogens with zero attached hydrogens (tertiary/aromatic N) is 1. The van der Waals surface area contributed by atoms with Crippen molar-refractivity contribution in [2.45, 2.75) is 42.4 Å². The van der Waals surface area contributed by atoms with Crippen LogP contribution in [0.1, 0.15) is 24.0 Å². The van der Waals surface area contributed by atoms with Crippen LogP contribution in [0, 0.1) is 0 Å². The van der Waals surface area contributed by atoms with Crippen LogP contribution in [0.5, 0.6) is 5.75 Å². The maximum Gasteiger partial charge on any atom is 0.261 e. The fraction of sp³-hybridized carbons (Fsp3) is 0.269. The van der Waals surface area contributed by atoms with Crippen molar-refractivity contribution in [3.05, 3.63) is 96.1 Å². The number of ether oxygens (including phenoxy) is 1. The van der Waals surface area contributed by atoms with Gasteiger partial charge in [0.1, 0.15) is 18.4 Å². The van der Waals surface area contributed by atoms with Crippen molar-refractivity contribution in [3.63, 3.8) is 0 Å². The van der Waals surface area contributed by atoms with E-state index in [0.717, 1.165) is 15.4 Å². The van der Waals surface area contributed by atoms with E-state index < -0.39 is 27.6 Å². The van der Waals surface area contributed by atoms with E-state index >= 15 is 0 Å². The smallest absolute Gasteiger partial charge is 0.261 e. The summed E-state index contributed by atoms with van der Waals surface area (Å²) >= 11 is 0. The second-order valence-corrected chi connectivity index (χ2v) is 10.6. The Morgan fingerprint density at radius 1 is 0.971 bits per heavy atom. The molecule has 2 atom stereocenters. The molecule has 1 amide bonds. The SMILES string of the molecule is O=C(NO)[C@H]1CC(O)(Cc2ccccc2)CCN1S(=O)(=O)c1ccc(OCc2ccccc2)cc1. The van der Waals surface area contributed by atoms with Crippen molar-refractivity contribution in [1.29, 1.82) is 0 Å². The Kier molecular flexibility index (Phi) is 7.51. The number of hydrogen-bond acceptors (Lipinski definition) is 6. The Labute approximate surface area is 204 Å². The molecule has 3 aromatic rings. The highest BCUT2D eigenvalue weighted by atomic mass is 32.2. The Morgan fingerprint density at radius 3 is 2.17 bits per heavy atom. The number of carbonyl (C=O) groups excluding carboxylic acids is 1. The molecule has 0 radical (unpaired) electrons. The molecule has 1 fully saturated rings. The fourth-order valence-electron chi connectivity index (χ4n) is 4.34. The number of aliphatic hydroxyl groups is 1. The summed E-state index contributed by atoms with van der Waals surface area (Å²) in [5.41, 5.74) is 2.12. The Morgan fingerprint density at radius 2 is 1.57 bits per heavy atom. The summed E-state index contributed by atoms with van der Waals surface area (Å²) in [5.74, 6) is -0.379. The zero-order valence-electron chi connectivity index (χ0n) is 19.1. The summed E-state index contributed by atoms with van der Waals surface area (Å²) in [5, 5.41) is 20.5. The van der Waals surface area contributed by atoms with E-state index in [1.165, 1.54) is 12.1 Å². The molecule has 1 saturated heterocycles. The maximum absolute atomic E-state index is 13.4.